The van der Waals surface area contributed by atoms with E-state index in [1.54, 1.807) is 0 Å². The van der Waals surface area contributed by atoms with Crippen LogP contribution in [0, 0.1) is 5.92 Å². The van der Waals surface area contributed by atoms with Gasteiger partial charge in [-0.05, 0) is 25.7 Å². The summed E-state index contributed by atoms with van der Waals surface area (Å²) in [4.78, 5) is 11.6. The van der Waals surface area contributed by atoms with Crippen molar-refractivity contribution in [1.29, 1.82) is 0 Å². The molecule has 1 saturated heterocycles. The summed E-state index contributed by atoms with van der Waals surface area (Å²) in [7, 11) is 0. The first-order valence-corrected chi connectivity index (χ1v) is 6.72. The molecule has 0 spiro atoms. The maximum absolute atomic E-state index is 11.6. The van der Waals surface area contributed by atoms with Crippen LogP contribution in [0.5, 0.6) is 0 Å². The van der Waals surface area contributed by atoms with E-state index in [0.29, 0.717) is 18.8 Å². The molecule has 0 N–H and O–H groups in total. The highest BCUT2D eigenvalue weighted by Crippen LogP contribution is 2.39. The third-order valence-corrected chi connectivity index (χ3v) is 3.62. The van der Waals surface area contributed by atoms with Crippen LogP contribution in [0.3, 0.4) is 0 Å². The number of ether oxygens (including phenoxy) is 2. The molecule has 0 bridgehead atoms. The van der Waals surface area contributed by atoms with Crippen molar-refractivity contribution in [2.75, 3.05) is 11.0 Å². The highest BCUT2D eigenvalue weighted by atomic mass is 127. The molecule has 1 saturated carbocycles. The van der Waals surface area contributed by atoms with E-state index in [0.717, 1.165) is 30.1 Å². The zero-order chi connectivity index (χ0) is 9.97. The van der Waals surface area contributed by atoms with Crippen molar-refractivity contribution in [3.63, 3.8) is 0 Å². The van der Waals surface area contributed by atoms with Gasteiger partial charge in [0.05, 0.1) is 24.7 Å². The molecule has 0 aromatic rings. The van der Waals surface area contributed by atoms with Gasteiger partial charge in [0.1, 0.15) is 0 Å². The Morgan fingerprint density at radius 2 is 2.29 bits per heavy atom. The summed E-state index contributed by atoms with van der Waals surface area (Å²) in [5, 5.41) is 0. The van der Waals surface area contributed by atoms with Crippen molar-refractivity contribution in [3.8, 4) is 0 Å². The molecule has 0 aromatic heterocycles. The maximum Gasteiger partial charge on any atom is 0.309 e. The van der Waals surface area contributed by atoms with Gasteiger partial charge in [-0.25, -0.2) is 0 Å². The average Bonchev–Trinajstić information content (AvgIpc) is 2.95. The Kier molecular flexibility index (Phi) is 3.65. The molecule has 0 aromatic carbocycles. The van der Waals surface area contributed by atoms with Crippen LogP contribution in [0.2, 0.25) is 0 Å². The van der Waals surface area contributed by atoms with Crippen molar-refractivity contribution < 1.29 is 14.3 Å². The molecule has 1 aliphatic heterocycles. The molecule has 14 heavy (non-hydrogen) atoms. The highest BCUT2D eigenvalue weighted by molar-refractivity contribution is 14.1. The van der Waals surface area contributed by atoms with Crippen LogP contribution < -0.4 is 0 Å². The van der Waals surface area contributed by atoms with Crippen LogP contribution in [-0.2, 0) is 14.3 Å². The summed E-state index contributed by atoms with van der Waals surface area (Å²) in [5.41, 5.74) is 0. The Bertz CT molecular complexity index is 219. The van der Waals surface area contributed by atoms with E-state index >= 15 is 0 Å². The van der Waals surface area contributed by atoms with E-state index < -0.39 is 0 Å². The molecule has 3 atom stereocenters. The minimum atomic E-state index is -0.0104. The Balaban J connectivity index is 1.68. The third-order valence-electron chi connectivity index (χ3n) is 2.86. The molecule has 0 radical (unpaired) electrons. The predicted molar refractivity (Wildman–Crippen MR) is 60.5 cm³/mol. The van der Waals surface area contributed by atoms with Gasteiger partial charge in [-0.15, -0.1) is 0 Å². The molecule has 80 valence electrons. The minimum absolute atomic E-state index is 0.0104. The summed E-state index contributed by atoms with van der Waals surface area (Å²) in [5.74, 6) is 0.0942. The summed E-state index contributed by atoms with van der Waals surface area (Å²) in [6.07, 6.45) is 4.66. The first kappa shape index (κ1) is 10.7. The molecule has 4 heteroatoms. The number of fused-ring (bicyclic) bond motifs is 1. The van der Waals surface area contributed by atoms with E-state index in [9.17, 15) is 4.79 Å². The van der Waals surface area contributed by atoms with E-state index in [2.05, 4.69) is 22.6 Å². The SMILES string of the molecule is O=C(OCCCI)C1CCC2OC2C1. The fraction of sp³-hybridized carbons (Fsp3) is 0.900. The van der Waals surface area contributed by atoms with Gasteiger partial charge in [-0.3, -0.25) is 4.79 Å². The Labute approximate surface area is 97.7 Å². The fourth-order valence-corrected chi connectivity index (χ4v) is 2.27. The number of epoxide rings is 1. The summed E-state index contributed by atoms with van der Waals surface area (Å²) in [6, 6.07) is 0. The molecule has 2 aliphatic rings. The Morgan fingerprint density at radius 3 is 3.00 bits per heavy atom. The second-order valence-electron chi connectivity index (χ2n) is 3.93. The van der Waals surface area contributed by atoms with Gasteiger partial charge < -0.3 is 9.47 Å². The second-order valence-corrected chi connectivity index (χ2v) is 5.01. The molecule has 1 aliphatic carbocycles. The lowest BCUT2D eigenvalue weighted by molar-refractivity contribution is -0.149. The lowest BCUT2D eigenvalue weighted by Gasteiger charge is -2.17. The first-order valence-electron chi connectivity index (χ1n) is 5.19. The van der Waals surface area contributed by atoms with Gasteiger partial charge >= 0.3 is 5.97 Å². The van der Waals surface area contributed by atoms with E-state index in [4.69, 9.17) is 9.47 Å². The smallest absolute Gasteiger partial charge is 0.309 e. The molecule has 3 nitrogen and oxygen atoms in total. The van der Waals surface area contributed by atoms with Crippen LogP contribution >= 0.6 is 22.6 Å². The number of halogens is 1. The standard InChI is InChI=1S/C10H15IO3/c11-4-1-5-13-10(12)7-2-3-8-9(6-7)14-8/h7-9H,1-6H2. The van der Waals surface area contributed by atoms with Crippen LogP contribution in [-0.4, -0.2) is 29.2 Å². The predicted octanol–water partition coefficient (Wildman–Crippen LogP) is 1.92. The summed E-state index contributed by atoms with van der Waals surface area (Å²) < 4.78 is 11.6. The number of hydrogen-bond donors (Lipinski definition) is 0. The van der Waals surface area contributed by atoms with Crippen molar-refractivity contribution in [2.24, 2.45) is 5.92 Å². The Morgan fingerprint density at radius 1 is 1.43 bits per heavy atom. The lowest BCUT2D eigenvalue weighted by Crippen LogP contribution is -2.24. The van der Waals surface area contributed by atoms with Crippen LogP contribution in [0.25, 0.3) is 0 Å². The monoisotopic (exact) mass is 310 g/mol. The average molecular weight is 310 g/mol. The van der Waals surface area contributed by atoms with Crippen LogP contribution in [0.4, 0.5) is 0 Å². The van der Waals surface area contributed by atoms with Crippen LogP contribution in [0.15, 0.2) is 0 Å². The molecule has 2 fully saturated rings. The fourth-order valence-electron chi connectivity index (χ4n) is 1.96. The maximum atomic E-state index is 11.6. The molecular formula is C10H15IO3. The first-order chi connectivity index (χ1) is 6.81. The second kappa shape index (κ2) is 4.79. The van der Waals surface area contributed by atoms with Gasteiger partial charge in [0.25, 0.3) is 0 Å². The normalized spacial score (nSPS) is 34.8. The van der Waals surface area contributed by atoms with Crippen molar-refractivity contribution in [1.82, 2.24) is 0 Å². The molecule has 3 unspecified atom stereocenters. The lowest BCUT2D eigenvalue weighted by atomic mass is 9.89. The van der Waals surface area contributed by atoms with Gasteiger partial charge in [0.15, 0.2) is 0 Å². The van der Waals surface area contributed by atoms with E-state index in [1.165, 1.54) is 0 Å². The quantitative estimate of drug-likeness (QED) is 0.262. The van der Waals surface area contributed by atoms with Gasteiger partial charge in [-0.1, -0.05) is 22.6 Å². The van der Waals surface area contributed by atoms with Crippen molar-refractivity contribution in [2.45, 2.75) is 37.9 Å². The van der Waals surface area contributed by atoms with Gasteiger partial charge in [-0.2, -0.15) is 0 Å². The molecular weight excluding hydrogens is 295 g/mol. The highest BCUT2D eigenvalue weighted by Gasteiger charge is 2.46. The van der Waals surface area contributed by atoms with E-state index in [-0.39, 0.29) is 11.9 Å². The topological polar surface area (TPSA) is 38.8 Å². The number of carbonyl (C=O) groups is 1. The molecule has 1 heterocycles. The number of alkyl halides is 1. The minimum Gasteiger partial charge on any atom is -0.465 e. The zero-order valence-electron chi connectivity index (χ0n) is 8.08. The van der Waals surface area contributed by atoms with Gasteiger partial charge in [0, 0.05) is 4.43 Å². The van der Waals surface area contributed by atoms with E-state index in [1.807, 2.05) is 0 Å². The number of hydrogen-bond acceptors (Lipinski definition) is 3. The largest absolute Gasteiger partial charge is 0.465 e. The Hall–Kier alpha value is 0.160. The van der Waals surface area contributed by atoms with Gasteiger partial charge in [0.2, 0.25) is 0 Å². The number of esters is 1. The molecule has 2 rings (SSSR count). The summed E-state index contributed by atoms with van der Waals surface area (Å²) >= 11 is 2.29. The molecule has 0 amide bonds. The van der Waals surface area contributed by atoms with Crippen LogP contribution in [0.1, 0.15) is 25.7 Å². The number of carbonyl (C=O) groups excluding carboxylic acids is 1. The zero-order valence-corrected chi connectivity index (χ0v) is 10.2. The van der Waals surface area contributed by atoms with Crippen molar-refractivity contribution in [3.05, 3.63) is 0 Å². The number of rotatable bonds is 4. The van der Waals surface area contributed by atoms with Crippen molar-refractivity contribution >= 4 is 28.6 Å². The summed E-state index contributed by atoms with van der Waals surface area (Å²) in [6.45, 7) is 0.577. The third kappa shape index (κ3) is 2.59.